The number of benzene rings is 1. The largest absolute Gasteiger partial charge is 0.311 e. The Morgan fingerprint density at radius 1 is 0.919 bits per heavy atom. The van der Waals surface area contributed by atoms with Crippen molar-refractivity contribution in [3.63, 3.8) is 0 Å². The minimum Gasteiger partial charge on any atom is -0.311 e. The van der Waals surface area contributed by atoms with Crippen LogP contribution in [0.3, 0.4) is 0 Å². The van der Waals surface area contributed by atoms with Crippen LogP contribution in [0.15, 0.2) is 23.1 Å². The SMILES string of the molecule is O=C1CCC(N2C(=O)c3cccc(SCCCCCCNC45CC6CC(CC(C6)C4)C5)c3C2=O)C(=O)N1. The maximum Gasteiger partial charge on any atom is 0.263 e. The number of nitrogens with zero attached hydrogens (tertiary/aromatic N) is 1. The van der Waals surface area contributed by atoms with Crippen molar-refractivity contribution in [2.24, 2.45) is 17.8 Å². The molecule has 4 saturated carbocycles. The lowest BCUT2D eigenvalue weighted by molar-refractivity contribution is -0.136. The molecule has 0 spiro atoms. The zero-order valence-electron chi connectivity index (χ0n) is 21.4. The van der Waals surface area contributed by atoms with Crippen LogP contribution < -0.4 is 10.6 Å². The van der Waals surface area contributed by atoms with Crippen LogP contribution in [-0.2, 0) is 9.59 Å². The van der Waals surface area contributed by atoms with Gasteiger partial charge >= 0.3 is 0 Å². The molecule has 4 bridgehead atoms. The van der Waals surface area contributed by atoms with E-state index in [2.05, 4.69) is 10.6 Å². The fraction of sp³-hybridized carbons (Fsp3) is 0.655. The molecule has 7 rings (SSSR count). The molecule has 4 aliphatic carbocycles. The molecule has 198 valence electrons. The summed E-state index contributed by atoms with van der Waals surface area (Å²) in [6.45, 7) is 1.12. The molecule has 2 heterocycles. The first-order chi connectivity index (χ1) is 17.9. The van der Waals surface area contributed by atoms with Crippen molar-refractivity contribution in [3.05, 3.63) is 29.3 Å². The number of hydrogen-bond donors (Lipinski definition) is 2. The first-order valence-electron chi connectivity index (χ1n) is 14.1. The van der Waals surface area contributed by atoms with Crippen molar-refractivity contribution in [2.45, 2.75) is 93.5 Å². The average molecular weight is 524 g/mol. The number of piperidine rings is 1. The molecule has 1 aromatic carbocycles. The number of thioether (sulfide) groups is 1. The Morgan fingerprint density at radius 3 is 2.32 bits per heavy atom. The fourth-order valence-corrected chi connectivity index (χ4v) is 9.13. The summed E-state index contributed by atoms with van der Waals surface area (Å²) >= 11 is 1.61. The van der Waals surface area contributed by atoms with E-state index in [4.69, 9.17) is 0 Å². The number of fused-ring (bicyclic) bond motifs is 1. The molecule has 1 unspecified atom stereocenters. The standard InChI is InChI=1S/C29H37N3O4S/c33-24-9-8-22(26(34)31-24)32-27(35)21-6-5-7-23(25(21)28(32)36)37-11-4-2-1-3-10-30-29-15-18-12-19(16-29)14-20(13-18)17-29/h5-7,18-20,22,30H,1-4,8-17H2,(H,31,33,34). The summed E-state index contributed by atoms with van der Waals surface area (Å²) in [6, 6.07) is 4.42. The zero-order chi connectivity index (χ0) is 25.6. The molecule has 0 radical (unpaired) electrons. The highest BCUT2D eigenvalue weighted by atomic mass is 32.2. The van der Waals surface area contributed by atoms with Gasteiger partial charge in [0, 0.05) is 16.9 Å². The molecule has 2 N–H and O–H groups in total. The van der Waals surface area contributed by atoms with Crippen LogP contribution in [0, 0.1) is 17.8 Å². The Balaban J connectivity index is 0.954. The van der Waals surface area contributed by atoms with E-state index in [1.807, 2.05) is 6.07 Å². The van der Waals surface area contributed by atoms with Crippen LogP contribution in [0.25, 0.3) is 0 Å². The Hall–Kier alpha value is -2.19. The van der Waals surface area contributed by atoms with Gasteiger partial charge in [-0.25, -0.2) is 0 Å². The van der Waals surface area contributed by atoms with Gasteiger partial charge in [0.15, 0.2) is 0 Å². The lowest BCUT2D eigenvalue weighted by atomic mass is 9.53. The molecule has 7 nitrogen and oxygen atoms in total. The fourth-order valence-electron chi connectivity index (χ4n) is 8.05. The van der Waals surface area contributed by atoms with Gasteiger partial charge in [0.2, 0.25) is 11.8 Å². The molecule has 5 fully saturated rings. The van der Waals surface area contributed by atoms with Gasteiger partial charge in [-0.3, -0.25) is 29.4 Å². The third-order valence-electron chi connectivity index (χ3n) is 9.30. The van der Waals surface area contributed by atoms with Gasteiger partial charge in [0.1, 0.15) is 6.04 Å². The number of carbonyl (C=O) groups excluding carboxylic acids is 4. The number of nitrogens with one attached hydrogen (secondary N) is 2. The number of amides is 4. The molecule has 8 heteroatoms. The van der Waals surface area contributed by atoms with Gasteiger partial charge < -0.3 is 5.32 Å². The number of imide groups is 2. The van der Waals surface area contributed by atoms with Crippen molar-refractivity contribution in [1.82, 2.24) is 15.5 Å². The van der Waals surface area contributed by atoms with Crippen LogP contribution in [0.5, 0.6) is 0 Å². The van der Waals surface area contributed by atoms with Gasteiger partial charge in [-0.1, -0.05) is 18.9 Å². The van der Waals surface area contributed by atoms with Gasteiger partial charge in [0.05, 0.1) is 11.1 Å². The highest BCUT2D eigenvalue weighted by Gasteiger charge is 2.50. The first kappa shape index (κ1) is 25.1. The van der Waals surface area contributed by atoms with Crippen LogP contribution in [0.2, 0.25) is 0 Å². The van der Waals surface area contributed by atoms with Crippen molar-refractivity contribution in [1.29, 1.82) is 0 Å². The van der Waals surface area contributed by atoms with E-state index in [1.54, 1.807) is 23.9 Å². The second kappa shape index (κ2) is 10.2. The third-order valence-corrected chi connectivity index (χ3v) is 10.4. The molecule has 37 heavy (non-hydrogen) atoms. The molecule has 1 aromatic rings. The van der Waals surface area contributed by atoms with Crippen LogP contribution in [-0.4, -0.2) is 52.4 Å². The van der Waals surface area contributed by atoms with Crippen molar-refractivity contribution < 1.29 is 19.2 Å². The van der Waals surface area contributed by atoms with Gasteiger partial charge in [0.25, 0.3) is 11.8 Å². The summed E-state index contributed by atoms with van der Waals surface area (Å²) in [4.78, 5) is 51.9. The summed E-state index contributed by atoms with van der Waals surface area (Å²) in [7, 11) is 0. The lowest BCUT2D eigenvalue weighted by Gasteiger charge is -2.57. The van der Waals surface area contributed by atoms with Crippen LogP contribution in [0.1, 0.15) is 97.8 Å². The lowest BCUT2D eigenvalue weighted by Crippen LogP contribution is -2.58. The highest BCUT2D eigenvalue weighted by Crippen LogP contribution is 2.55. The quantitative estimate of drug-likeness (QED) is 0.270. The normalized spacial score (nSPS) is 32.3. The Morgan fingerprint density at radius 2 is 1.62 bits per heavy atom. The number of unbranched alkanes of at least 4 members (excludes halogenated alkanes) is 3. The summed E-state index contributed by atoms with van der Waals surface area (Å²) in [5.41, 5.74) is 1.21. The van der Waals surface area contributed by atoms with Gasteiger partial charge in [-0.15, -0.1) is 11.8 Å². The number of carbonyl (C=O) groups is 4. The minimum atomic E-state index is -0.921. The minimum absolute atomic E-state index is 0.128. The monoisotopic (exact) mass is 523 g/mol. The van der Waals surface area contributed by atoms with Crippen molar-refractivity contribution >= 4 is 35.4 Å². The predicted octanol–water partition coefficient (Wildman–Crippen LogP) is 4.30. The summed E-state index contributed by atoms with van der Waals surface area (Å²) in [5.74, 6) is 2.03. The van der Waals surface area contributed by atoms with E-state index < -0.39 is 23.8 Å². The van der Waals surface area contributed by atoms with E-state index in [-0.39, 0.29) is 18.7 Å². The highest BCUT2D eigenvalue weighted by molar-refractivity contribution is 7.99. The smallest absolute Gasteiger partial charge is 0.263 e. The second-order valence-electron chi connectivity index (χ2n) is 12.0. The third kappa shape index (κ3) is 4.87. The molecule has 4 amide bonds. The maximum atomic E-state index is 13.2. The maximum absolute atomic E-state index is 13.2. The van der Waals surface area contributed by atoms with Crippen LogP contribution in [0.4, 0.5) is 0 Å². The Bertz CT molecular complexity index is 1080. The molecule has 0 aromatic heterocycles. The summed E-state index contributed by atoms with van der Waals surface area (Å²) < 4.78 is 0. The van der Waals surface area contributed by atoms with E-state index in [9.17, 15) is 19.2 Å². The Labute approximate surface area is 222 Å². The molecule has 6 aliphatic rings. The van der Waals surface area contributed by atoms with E-state index >= 15 is 0 Å². The van der Waals surface area contributed by atoms with Crippen LogP contribution >= 0.6 is 11.8 Å². The summed E-state index contributed by atoms with van der Waals surface area (Å²) in [5, 5.41) is 6.24. The first-order valence-corrected chi connectivity index (χ1v) is 15.1. The number of hydrogen-bond acceptors (Lipinski definition) is 6. The summed E-state index contributed by atoms with van der Waals surface area (Å²) in [6.07, 6.45) is 13.6. The van der Waals surface area contributed by atoms with E-state index in [0.717, 1.165) is 52.7 Å². The molecule has 1 saturated heterocycles. The zero-order valence-corrected chi connectivity index (χ0v) is 22.2. The molecule has 1 atom stereocenters. The average Bonchev–Trinajstić information content (AvgIpc) is 3.10. The molecule has 2 aliphatic heterocycles. The van der Waals surface area contributed by atoms with Gasteiger partial charge in [-0.2, -0.15) is 0 Å². The molecular formula is C29H37N3O4S. The van der Waals surface area contributed by atoms with E-state index in [0.29, 0.717) is 16.7 Å². The Kier molecular flexibility index (Phi) is 6.90. The predicted molar refractivity (Wildman–Crippen MR) is 141 cm³/mol. The van der Waals surface area contributed by atoms with Crippen molar-refractivity contribution in [3.8, 4) is 0 Å². The second-order valence-corrected chi connectivity index (χ2v) is 13.2. The van der Waals surface area contributed by atoms with Gasteiger partial charge in [-0.05, 0) is 100.0 Å². The topological polar surface area (TPSA) is 95.6 Å². The number of rotatable bonds is 10. The van der Waals surface area contributed by atoms with E-state index in [1.165, 1.54) is 51.4 Å². The molecular weight excluding hydrogens is 486 g/mol. The van der Waals surface area contributed by atoms with Crippen molar-refractivity contribution in [2.75, 3.05) is 12.3 Å².